The molecule has 1 amide bonds. The van der Waals surface area contributed by atoms with E-state index < -0.39 is 0 Å². The van der Waals surface area contributed by atoms with Crippen molar-refractivity contribution in [2.75, 3.05) is 0 Å². The number of nitrogens with one attached hydrogen (secondary N) is 1. The van der Waals surface area contributed by atoms with E-state index in [4.69, 9.17) is 0 Å². The van der Waals surface area contributed by atoms with Crippen molar-refractivity contribution in [3.05, 3.63) is 49.0 Å². The van der Waals surface area contributed by atoms with Gasteiger partial charge in [-0.2, -0.15) is 5.10 Å². The standard InChI is InChI=1S/C12H12N4O/c1-3-5-9(6-13-4-2)16-8-10-11(15-16)7-14-12(10)17/h3-6,8H,1-2,7H2,(H,14,17)/b9-5+,13-6-. The number of hydrogen-bond donors (Lipinski definition) is 1. The van der Waals surface area contributed by atoms with Gasteiger partial charge in [-0.05, 0) is 6.08 Å². The highest BCUT2D eigenvalue weighted by molar-refractivity contribution is 6.04. The van der Waals surface area contributed by atoms with Crippen LogP contribution >= 0.6 is 0 Å². The third-order valence-electron chi connectivity index (χ3n) is 2.32. The van der Waals surface area contributed by atoms with E-state index in [1.807, 2.05) is 0 Å². The molecule has 0 fully saturated rings. The van der Waals surface area contributed by atoms with Gasteiger partial charge in [0.15, 0.2) is 0 Å². The van der Waals surface area contributed by atoms with E-state index in [2.05, 4.69) is 28.6 Å². The molecule has 0 spiro atoms. The number of carbonyl (C=O) groups excluding carboxylic acids is 1. The first kappa shape index (κ1) is 11.1. The SMILES string of the molecule is C=C/C=C(\C=N/C=C)n1cc2c(n1)CNC2=O. The molecule has 0 bridgehead atoms. The van der Waals surface area contributed by atoms with Crippen molar-refractivity contribution in [1.82, 2.24) is 15.1 Å². The number of amides is 1. The average Bonchev–Trinajstić information content (AvgIpc) is 2.87. The van der Waals surface area contributed by atoms with Crippen LogP contribution in [0, 0.1) is 0 Å². The number of aliphatic imine (C=N–C) groups is 1. The van der Waals surface area contributed by atoms with Crippen LogP contribution in [0.2, 0.25) is 0 Å². The van der Waals surface area contributed by atoms with Gasteiger partial charge in [0.2, 0.25) is 0 Å². The Morgan fingerprint density at radius 3 is 3.06 bits per heavy atom. The smallest absolute Gasteiger partial charge is 0.255 e. The molecule has 0 unspecified atom stereocenters. The van der Waals surface area contributed by atoms with E-state index >= 15 is 0 Å². The Bertz CT molecular complexity index is 537. The molecule has 1 N–H and O–H groups in total. The molecule has 1 aliphatic heterocycles. The lowest BCUT2D eigenvalue weighted by molar-refractivity contribution is 0.0965. The molecule has 0 aromatic carbocycles. The minimum Gasteiger partial charge on any atom is -0.346 e. The molecule has 0 saturated carbocycles. The third-order valence-corrected chi connectivity index (χ3v) is 2.32. The van der Waals surface area contributed by atoms with Gasteiger partial charge in [-0.15, -0.1) is 0 Å². The summed E-state index contributed by atoms with van der Waals surface area (Å²) in [6, 6.07) is 0. The van der Waals surface area contributed by atoms with Gasteiger partial charge in [-0.3, -0.25) is 9.79 Å². The van der Waals surface area contributed by atoms with Gasteiger partial charge >= 0.3 is 0 Å². The van der Waals surface area contributed by atoms with Gasteiger partial charge < -0.3 is 5.32 Å². The van der Waals surface area contributed by atoms with Crippen molar-refractivity contribution in [1.29, 1.82) is 0 Å². The predicted octanol–water partition coefficient (Wildman–Crippen LogP) is 1.37. The molecule has 2 heterocycles. The lowest BCUT2D eigenvalue weighted by Gasteiger charge is -2.00. The zero-order valence-corrected chi connectivity index (χ0v) is 9.26. The van der Waals surface area contributed by atoms with E-state index in [1.165, 1.54) is 6.20 Å². The lowest BCUT2D eigenvalue weighted by Crippen LogP contribution is -2.14. The number of nitrogens with zero attached hydrogens (tertiary/aromatic N) is 3. The van der Waals surface area contributed by atoms with Crippen LogP contribution in [0.3, 0.4) is 0 Å². The van der Waals surface area contributed by atoms with E-state index in [-0.39, 0.29) is 5.91 Å². The zero-order valence-electron chi connectivity index (χ0n) is 9.26. The van der Waals surface area contributed by atoms with Crippen molar-refractivity contribution in [3.63, 3.8) is 0 Å². The summed E-state index contributed by atoms with van der Waals surface area (Å²) in [5.41, 5.74) is 2.08. The Morgan fingerprint density at radius 2 is 2.41 bits per heavy atom. The molecule has 17 heavy (non-hydrogen) atoms. The highest BCUT2D eigenvalue weighted by Gasteiger charge is 2.23. The molecule has 1 aromatic rings. The van der Waals surface area contributed by atoms with Crippen LogP contribution in [-0.2, 0) is 6.54 Å². The van der Waals surface area contributed by atoms with Crippen LogP contribution in [0.25, 0.3) is 5.70 Å². The number of fused-ring (bicyclic) bond motifs is 1. The maximum Gasteiger partial charge on any atom is 0.255 e. The van der Waals surface area contributed by atoms with Crippen molar-refractivity contribution in [2.24, 2.45) is 4.99 Å². The molecule has 0 saturated heterocycles. The second kappa shape index (κ2) is 4.61. The largest absolute Gasteiger partial charge is 0.346 e. The van der Waals surface area contributed by atoms with E-state index in [9.17, 15) is 4.79 Å². The number of rotatable bonds is 4. The highest BCUT2D eigenvalue weighted by Crippen LogP contribution is 2.15. The minimum absolute atomic E-state index is 0.0927. The monoisotopic (exact) mass is 228 g/mol. The molecule has 86 valence electrons. The number of aromatic nitrogens is 2. The summed E-state index contributed by atoms with van der Waals surface area (Å²) >= 11 is 0. The number of allylic oxidation sites excluding steroid dienone is 3. The van der Waals surface area contributed by atoms with Gasteiger partial charge in [0, 0.05) is 12.4 Å². The summed E-state index contributed by atoms with van der Waals surface area (Å²) in [4.78, 5) is 15.3. The predicted molar refractivity (Wildman–Crippen MR) is 66.6 cm³/mol. The van der Waals surface area contributed by atoms with Crippen molar-refractivity contribution in [3.8, 4) is 0 Å². The van der Waals surface area contributed by atoms with E-state index in [0.717, 1.165) is 11.4 Å². The fourth-order valence-corrected chi connectivity index (χ4v) is 1.55. The Labute approximate surface area is 98.9 Å². The maximum atomic E-state index is 11.4. The first-order valence-corrected chi connectivity index (χ1v) is 5.10. The van der Waals surface area contributed by atoms with Crippen LogP contribution in [0.5, 0.6) is 0 Å². The molecular weight excluding hydrogens is 216 g/mol. The van der Waals surface area contributed by atoms with Gasteiger partial charge in [0.25, 0.3) is 5.91 Å². The molecule has 1 aliphatic rings. The summed E-state index contributed by atoms with van der Waals surface area (Å²) in [6.45, 7) is 7.61. The summed E-state index contributed by atoms with van der Waals surface area (Å²) in [6.07, 6.45) is 8.11. The van der Waals surface area contributed by atoms with E-state index in [0.29, 0.717) is 12.1 Å². The quantitative estimate of drug-likeness (QED) is 0.625. The molecule has 5 heteroatoms. The number of hydrogen-bond acceptors (Lipinski definition) is 3. The third kappa shape index (κ3) is 2.08. The molecule has 5 nitrogen and oxygen atoms in total. The van der Waals surface area contributed by atoms with Crippen molar-refractivity contribution in [2.45, 2.75) is 6.54 Å². The second-order valence-electron chi connectivity index (χ2n) is 3.40. The highest BCUT2D eigenvalue weighted by atomic mass is 16.2. The maximum absolute atomic E-state index is 11.4. The molecule has 0 aliphatic carbocycles. The first-order valence-electron chi connectivity index (χ1n) is 5.10. The molecule has 0 atom stereocenters. The van der Waals surface area contributed by atoms with Crippen LogP contribution in [0.4, 0.5) is 0 Å². The normalized spacial score (nSPS) is 14.8. The van der Waals surface area contributed by atoms with Gasteiger partial charge in [0.05, 0.1) is 29.7 Å². The minimum atomic E-state index is -0.0927. The fraction of sp³-hybridized carbons (Fsp3) is 0.0833. The Kier molecular flexibility index (Phi) is 3.00. The van der Waals surface area contributed by atoms with Crippen LogP contribution in [-0.4, -0.2) is 21.9 Å². The Morgan fingerprint density at radius 1 is 1.59 bits per heavy atom. The van der Waals surface area contributed by atoms with Gasteiger partial charge in [-0.1, -0.05) is 19.2 Å². The molecule has 0 radical (unpaired) electrons. The summed E-state index contributed by atoms with van der Waals surface area (Å²) in [5.74, 6) is -0.0927. The van der Waals surface area contributed by atoms with Gasteiger partial charge in [-0.25, -0.2) is 4.68 Å². The van der Waals surface area contributed by atoms with Crippen LogP contribution in [0.15, 0.2) is 42.7 Å². The Hall–Kier alpha value is -2.43. The summed E-state index contributed by atoms with van der Waals surface area (Å²) < 4.78 is 1.61. The second-order valence-corrected chi connectivity index (χ2v) is 3.40. The molecule has 1 aromatic heterocycles. The lowest BCUT2D eigenvalue weighted by atomic mass is 10.3. The molecule has 2 rings (SSSR count). The summed E-state index contributed by atoms with van der Waals surface area (Å²) in [5, 5.41) is 7.01. The fourth-order valence-electron chi connectivity index (χ4n) is 1.55. The topological polar surface area (TPSA) is 59.3 Å². The average molecular weight is 228 g/mol. The zero-order chi connectivity index (χ0) is 12.3. The van der Waals surface area contributed by atoms with Crippen LogP contribution in [0.1, 0.15) is 16.1 Å². The van der Waals surface area contributed by atoms with Crippen LogP contribution < -0.4 is 5.32 Å². The Balaban J connectivity index is 2.38. The summed E-state index contributed by atoms with van der Waals surface area (Å²) in [7, 11) is 0. The molecular formula is C12H12N4O. The number of carbonyl (C=O) groups is 1. The van der Waals surface area contributed by atoms with E-state index in [1.54, 1.807) is 29.2 Å². The van der Waals surface area contributed by atoms with Gasteiger partial charge in [0.1, 0.15) is 0 Å². The van der Waals surface area contributed by atoms with Crippen molar-refractivity contribution < 1.29 is 4.79 Å². The first-order chi connectivity index (χ1) is 8.26. The van der Waals surface area contributed by atoms with Crippen molar-refractivity contribution >= 4 is 17.8 Å².